The van der Waals surface area contributed by atoms with Crippen molar-refractivity contribution in [2.45, 2.75) is 18.9 Å². The van der Waals surface area contributed by atoms with Crippen molar-refractivity contribution in [1.82, 2.24) is 5.32 Å². The molecule has 6 nitrogen and oxygen atoms in total. The van der Waals surface area contributed by atoms with Crippen LogP contribution in [0.4, 0.5) is 5.69 Å². The molecule has 2 rings (SSSR count). The number of hydrogen-bond donors (Lipinski definition) is 1. The highest BCUT2D eigenvalue weighted by atomic mass is 35.5. The molecule has 0 saturated carbocycles. The summed E-state index contributed by atoms with van der Waals surface area (Å²) in [6.45, 7) is 0.702. The van der Waals surface area contributed by atoms with Crippen molar-refractivity contribution in [1.29, 1.82) is 0 Å². The zero-order valence-electron chi connectivity index (χ0n) is 12.6. The lowest BCUT2D eigenvalue weighted by Gasteiger charge is -2.23. The lowest BCUT2D eigenvalue weighted by Crippen LogP contribution is -2.42. The Morgan fingerprint density at radius 2 is 2.17 bits per heavy atom. The van der Waals surface area contributed by atoms with E-state index in [0.717, 1.165) is 23.4 Å². The second-order valence-corrected chi connectivity index (χ2v) is 8.05. The lowest BCUT2D eigenvalue weighted by atomic mass is 10.2. The Bertz CT molecular complexity index is 675. The number of amides is 1. The SMILES string of the molecule is CS(=O)(=O)N(CC(=O)NCC1CCCO1)c1ccc(Cl)cc1Cl. The summed E-state index contributed by atoms with van der Waals surface area (Å²) in [7, 11) is -3.67. The summed E-state index contributed by atoms with van der Waals surface area (Å²) < 4.78 is 30.4. The zero-order valence-corrected chi connectivity index (χ0v) is 14.9. The quantitative estimate of drug-likeness (QED) is 0.819. The van der Waals surface area contributed by atoms with Crippen molar-refractivity contribution in [3.05, 3.63) is 28.2 Å². The number of rotatable bonds is 6. The Labute approximate surface area is 145 Å². The van der Waals surface area contributed by atoms with Gasteiger partial charge in [0, 0.05) is 18.2 Å². The molecule has 1 aromatic rings. The van der Waals surface area contributed by atoms with Crippen LogP contribution in [0, 0.1) is 0 Å². The second kappa shape index (κ2) is 7.70. The Kier molecular flexibility index (Phi) is 6.13. The van der Waals surface area contributed by atoms with Crippen LogP contribution in [-0.2, 0) is 19.6 Å². The summed E-state index contributed by atoms with van der Waals surface area (Å²) in [6, 6.07) is 4.42. The van der Waals surface area contributed by atoms with Crippen molar-refractivity contribution in [2.75, 3.05) is 30.3 Å². The molecule has 0 spiro atoms. The van der Waals surface area contributed by atoms with Crippen molar-refractivity contribution in [2.24, 2.45) is 0 Å². The smallest absolute Gasteiger partial charge is 0.240 e. The molecule has 0 bridgehead atoms. The lowest BCUT2D eigenvalue weighted by molar-refractivity contribution is -0.120. The van der Waals surface area contributed by atoms with Crippen LogP contribution in [0.2, 0.25) is 10.0 Å². The number of carbonyl (C=O) groups excluding carboxylic acids is 1. The molecule has 128 valence electrons. The highest BCUT2D eigenvalue weighted by molar-refractivity contribution is 7.92. The average molecular weight is 381 g/mol. The van der Waals surface area contributed by atoms with E-state index in [2.05, 4.69) is 5.32 Å². The summed E-state index contributed by atoms with van der Waals surface area (Å²) >= 11 is 11.9. The van der Waals surface area contributed by atoms with Gasteiger partial charge in [-0.2, -0.15) is 0 Å². The van der Waals surface area contributed by atoms with Crippen molar-refractivity contribution >= 4 is 44.8 Å². The third-order valence-electron chi connectivity index (χ3n) is 3.42. The van der Waals surface area contributed by atoms with Gasteiger partial charge in [0.15, 0.2) is 0 Å². The molecule has 1 fully saturated rings. The molecule has 1 aliphatic heterocycles. The fourth-order valence-corrected chi connectivity index (χ4v) is 3.71. The predicted octanol–water partition coefficient (Wildman–Crippen LogP) is 2.05. The maximum atomic E-state index is 12.1. The zero-order chi connectivity index (χ0) is 17.0. The first-order valence-electron chi connectivity index (χ1n) is 7.08. The van der Waals surface area contributed by atoms with E-state index in [1.165, 1.54) is 18.2 Å². The van der Waals surface area contributed by atoms with Gasteiger partial charge in [-0.15, -0.1) is 0 Å². The molecule has 1 aliphatic rings. The largest absolute Gasteiger partial charge is 0.376 e. The first-order valence-corrected chi connectivity index (χ1v) is 9.69. The summed E-state index contributed by atoms with van der Waals surface area (Å²) in [5.74, 6) is -0.419. The van der Waals surface area contributed by atoms with Gasteiger partial charge in [-0.05, 0) is 31.0 Å². The minimum Gasteiger partial charge on any atom is -0.376 e. The van der Waals surface area contributed by atoms with Crippen molar-refractivity contribution < 1.29 is 17.9 Å². The molecule has 23 heavy (non-hydrogen) atoms. The number of nitrogens with zero attached hydrogens (tertiary/aromatic N) is 1. The van der Waals surface area contributed by atoms with Crippen LogP contribution in [0.5, 0.6) is 0 Å². The highest BCUT2D eigenvalue weighted by Crippen LogP contribution is 2.30. The molecular formula is C14H18Cl2N2O4S. The first-order chi connectivity index (χ1) is 10.8. The summed E-state index contributed by atoms with van der Waals surface area (Å²) in [6.07, 6.45) is 2.87. The van der Waals surface area contributed by atoms with Gasteiger partial charge < -0.3 is 10.1 Å². The third kappa shape index (κ3) is 5.24. The van der Waals surface area contributed by atoms with Gasteiger partial charge in [0.2, 0.25) is 15.9 Å². The second-order valence-electron chi connectivity index (χ2n) is 5.30. The molecule has 9 heteroatoms. The van der Waals surface area contributed by atoms with Gasteiger partial charge in [0.1, 0.15) is 6.54 Å². The standard InChI is InChI=1S/C14H18Cl2N2O4S/c1-23(20,21)18(13-5-4-10(15)7-12(13)16)9-14(19)17-8-11-3-2-6-22-11/h4-5,7,11H,2-3,6,8-9H2,1H3,(H,17,19). The van der Waals surface area contributed by atoms with E-state index in [0.29, 0.717) is 18.2 Å². The molecule has 0 aromatic heterocycles. The number of nitrogens with one attached hydrogen (secondary N) is 1. The minimum absolute atomic E-state index is 0.00949. The van der Waals surface area contributed by atoms with Crippen LogP contribution in [-0.4, -0.2) is 46.4 Å². The van der Waals surface area contributed by atoms with Gasteiger partial charge in [-0.3, -0.25) is 9.10 Å². The monoisotopic (exact) mass is 380 g/mol. The third-order valence-corrected chi connectivity index (χ3v) is 5.08. The molecule has 1 unspecified atom stereocenters. The maximum absolute atomic E-state index is 12.1. The molecule has 1 heterocycles. The number of anilines is 1. The number of benzene rings is 1. The van der Waals surface area contributed by atoms with Crippen molar-refractivity contribution in [3.8, 4) is 0 Å². The number of hydrogen-bond acceptors (Lipinski definition) is 4. The molecule has 1 amide bonds. The molecular weight excluding hydrogens is 363 g/mol. The van der Waals surface area contributed by atoms with Gasteiger partial charge >= 0.3 is 0 Å². The van der Waals surface area contributed by atoms with E-state index in [4.69, 9.17) is 27.9 Å². The van der Waals surface area contributed by atoms with Gasteiger partial charge in [0.25, 0.3) is 0 Å². The number of sulfonamides is 1. The Hall–Kier alpha value is -1.02. The summed E-state index contributed by atoms with van der Waals surface area (Å²) in [5, 5.41) is 3.23. The van der Waals surface area contributed by atoms with Gasteiger partial charge in [-0.25, -0.2) is 8.42 Å². The molecule has 1 atom stereocenters. The van der Waals surface area contributed by atoms with E-state index in [1.807, 2.05) is 0 Å². The number of halogens is 2. The predicted molar refractivity (Wildman–Crippen MR) is 90.6 cm³/mol. The van der Waals surface area contributed by atoms with Crippen LogP contribution in [0.25, 0.3) is 0 Å². The summed E-state index contributed by atoms with van der Waals surface area (Å²) in [4.78, 5) is 12.1. The average Bonchev–Trinajstić information content (AvgIpc) is 2.95. The van der Waals surface area contributed by atoms with Crippen molar-refractivity contribution in [3.63, 3.8) is 0 Å². The van der Waals surface area contributed by atoms with Gasteiger partial charge in [0.05, 0.1) is 23.1 Å². The topological polar surface area (TPSA) is 75.7 Å². The normalized spacial score (nSPS) is 18.0. The first kappa shape index (κ1) is 18.3. The van der Waals surface area contributed by atoms with E-state index < -0.39 is 15.9 Å². The van der Waals surface area contributed by atoms with Crippen LogP contribution in [0.15, 0.2) is 18.2 Å². The van der Waals surface area contributed by atoms with Crippen LogP contribution >= 0.6 is 23.2 Å². The fraction of sp³-hybridized carbons (Fsp3) is 0.500. The molecule has 1 saturated heterocycles. The number of ether oxygens (including phenoxy) is 1. The summed E-state index contributed by atoms with van der Waals surface area (Å²) in [5.41, 5.74) is 0.214. The van der Waals surface area contributed by atoms with E-state index in [9.17, 15) is 13.2 Å². The highest BCUT2D eigenvalue weighted by Gasteiger charge is 2.24. The molecule has 0 aliphatic carbocycles. The van der Waals surface area contributed by atoms with Crippen LogP contribution < -0.4 is 9.62 Å². The Balaban J connectivity index is 2.08. The molecule has 0 radical (unpaired) electrons. The Morgan fingerprint density at radius 3 is 2.74 bits per heavy atom. The fourth-order valence-electron chi connectivity index (χ4n) is 2.28. The molecule has 1 N–H and O–H groups in total. The maximum Gasteiger partial charge on any atom is 0.240 e. The van der Waals surface area contributed by atoms with Crippen LogP contribution in [0.3, 0.4) is 0 Å². The van der Waals surface area contributed by atoms with E-state index >= 15 is 0 Å². The molecule has 1 aromatic carbocycles. The van der Waals surface area contributed by atoms with Gasteiger partial charge in [-0.1, -0.05) is 23.2 Å². The van der Waals surface area contributed by atoms with Crippen LogP contribution in [0.1, 0.15) is 12.8 Å². The minimum atomic E-state index is -3.67. The van der Waals surface area contributed by atoms with E-state index in [1.54, 1.807) is 0 Å². The Morgan fingerprint density at radius 1 is 1.43 bits per heavy atom. The van der Waals surface area contributed by atoms with E-state index in [-0.39, 0.29) is 23.4 Å². The number of carbonyl (C=O) groups is 1.